The molecule has 0 radical (unpaired) electrons. The first kappa shape index (κ1) is 13.6. The number of aliphatic imine (C=N–C) groups is 1. The highest BCUT2D eigenvalue weighted by atomic mass is 16.5. The molecule has 106 valence electrons. The lowest BCUT2D eigenvalue weighted by atomic mass is 10.0. The molecule has 2 aromatic rings. The van der Waals surface area contributed by atoms with Crippen molar-refractivity contribution < 1.29 is 9.53 Å². The summed E-state index contributed by atoms with van der Waals surface area (Å²) >= 11 is 0. The summed E-state index contributed by atoms with van der Waals surface area (Å²) in [6, 6.07) is 15.9. The molecule has 0 saturated heterocycles. The zero-order chi connectivity index (χ0) is 14.9. The fourth-order valence-electron chi connectivity index (χ4n) is 2.34. The third kappa shape index (κ3) is 2.87. The van der Waals surface area contributed by atoms with Gasteiger partial charge in [-0.15, -0.1) is 0 Å². The van der Waals surface area contributed by atoms with Crippen LogP contribution in [0.25, 0.3) is 0 Å². The quantitative estimate of drug-likeness (QED) is 0.800. The molecule has 1 aliphatic heterocycles. The monoisotopic (exact) mass is 279 g/mol. The molecule has 0 fully saturated rings. The number of ether oxygens (including phenoxy) is 1. The highest BCUT2D eigenvalue weighted by Crippen LogP contribution is 2.29. The molecule has 3 rings (SSSR count). The third-order valence-corrected chi connectivity index (χ3v) is 3.46. The summed E-state index contributed by atoms with van der Waals surface area (Å²) in [6.07, 6.45) is 1.66. The van der Waals surface area contributed by atoms with E-state index in [-0.39, 0.29) is 0 Å². The number of carbonyl (C=O) groups excluding carboxylic acids is 1. The van der Waals surface area contributed by atoms with Crippen molar-refractivity contribution in [1.82, 2.24) is 0 Å². The third-order valence-electron chi connectivity index (χ3n) is 3.46. The van der Waals surface area contributed by atoms with E-state index in [1.165, 1.54) is 5.56 Å². The molecule has 1 aliphatic rings. The fraction of sp³-hybridized carbons (Fsp3) is 0.222. The van der Waals surface area contributed by atoms with Gasteiger partial charge in [-0.25, -0.2) is 0 Å². The van der Waals surface area contributed by atoms with Gasteiger partial charge in [0.15, 0.2) is 11.9 Å². The van der Waals surface area contributed by atoms with Crippen molar-refractivity contribution in [1.29, 1.82) is 0 Å². The molecule has 0 atom stereocenters. The SMILES string of the molecule is CC(C)(C=O)Oc1ccc(C2=Nc3ccccc3C2)cc1. The van der Waals surface area contributed by atoms with E-state index in [2.05, 4.69) is 11.1 Å². The van der Waals surface area contributed by atoms with Crippen LogP contribution in [0.1, 0.15) is 25.0 Å². The average molecular weight is 279 g/mol. The molecule has 0 aromatic heterocycles. The van der Waals surface area contributed by atoms with Crippen LogP contribution in [0.2, 0.25) is 0 Å². The molecule has 0 unspecified atom stereocenters. The van der Waals surface area contributed by atoms with Gasteiger partial charge in [-0.2, -0.15) is 0 Å². The highest BCUT2D eigenvalue weighted by Gasteiger charge is 2.19. The molecule has 0 saturated carbocycles. The summed E-state index contributed by atoms with van der Waals surface area (Å²) < 4.78 is 5.62. The van der Waals surface area contributed by atoms with Crippen LogP contribution < -0.4 is 4.74 Å². The smallest absolute Gasteiger partial charge is 0.162 e. The summed E-state index contributed by atoms with van der Waals surface area (Å²) in [7, 11) is 0. The standard InChI is InChI=1S/C18H17NO2/c1-18(2,12-20)21-15-9-7-13(8-10-15)17-11-14-5-3-4-6-16(14)19-17/h3-10,12H,11H2,1-2H3. The Morgan fingerprint density at radius 1 is 1.10 bits per heavy atom. The Balaban J connectivity index is 1.79. The zero-order valence-corrected chi connectivity index (χ0v) is 12.2. The van der Waals surface area contributed by atoms with E-state index in [0.29, 0.717) is 5.75 Å². The van der Waals surface area contributed by atoms with Gasteiger partial charge in [0.05, 0.1) is 11.4 Å². The minimum atomic E-state index is -0.803. The van der Waals surface area contributed by atoms with E-state index >= 15 is 0 Å². The number of nitrogens with zero attached hydrogens (tertiary/aromatic N) is 1. The van der Waals surface area contributed by atoms with Crippen molar-refractivity contribution in [2.75, 3.05) is 0 Å². The number of hydrogen-bond acceptors (Lipinski definition) is 3. The van der Waals surface area contributed by atoms with Gasteiger partial charge in [0.1, 0.15) is 5.75 Å². The summed E-state index contributed by atoms with van der Waals surface area (Å²) in [5, 5.41) is 0. The summed E-state index contributed by atoms with van der Waals surface area (Å²) in [5.41, 5.74) is 3.66. The Hall–Kier alpha value is -2.42. The molecule has 0 bridgehead atoms. The molecular weight excluding hydrogens is 262 g/mol. The average Bonchev–Trinajstić information content (AvgIpc) is 2.91. The topological polar surface area (TPSA) is 38.7 Å². The first-order chi connectivity index (χ1) is 10.1. The van der Waals surface area contributed by atoms with Crippen LogP contribution in [0.5, 0.6) is 5.75 Å². The maximum atomic E-state index is 10.9. The van der Waals surface area contributed by atoms with Gasteiger partial charge >= 0.3 is 0 Å². The molecule has 2 aromatic carbocycles. The highest BCUT2D eigenvalue weighted by molar-refractivity contribution is 6.06. The number of benzene rings is 2. The molecule has 1 heterocycles. The Bertz CT molecular complexity index is 699. The van der Waals surface area contributed by atoms with Crippen LogP contribution >= 0.6 is 0 Å². The van der Waals surface area contributed by atoms with Gasteiger partial charge in [-0.1, -0.05) is 18.2 Å². The van der Waals surface area contributed by atoms with E-state index in [4.69, 9.17) is 4.74 Å². The van der Waals surface area contributed by atoms with Gasteiger partial charge in [0.25, 0.3) is 0 Å². The predicted molar refractivity (Wildman–Crippen MR) is 83.6 cm³/mol. The molecule has 0 N–H and O–H groups in total. The van der Waals surface area contributed by atoms with Crippen molar-refractivity contribution in [2.45, 2.75) is 25.9 Å². The Labute approximate surface area is 124 Å². The van der Waals surface area contributed by atoms with Crippen LogP contribution in [-0.4, -0.2) is 17.6 Å². The number of carbonyl (C=O) groups is 1. The normalized spacial score (nSPS) is 13.5. The lowest BCUT2D eigenvalue weighted by Crippen LogP contribution is -2.29. The molecule has 21 heavy (non-hydrogen) atoms. The molecule has 0 amide bonds. The number of para-hydroxylation sites is 1. The maximum absolute atomic E-state index is 10.9. The van der Waals surface area contributed by atoms with Crippen molar-refractivity contribution >= 4 is 17.7 Å². The summed E-state index contributed by atoms with van der Waals surface area (Å²) in [5.74, 6) is 0.687. The number of fused-ring (bicyclic) bond motifs is 1. The van der Waals surface area contributed by atoms with Crippen molar-refractivity contribution in [3.05, 3.63) is 59.7 Å². The minimum Gasteiger partial charge on any atom is -0.480 e. The molecule has 0 spiro atoms. The van der Waals surface area contributed by atoms with Crippen molar-refractivity contribution in [3.63, 3.8) is 0 Å². The van der Waals surface area contributed by atoms with Crippen LogP contribution in [0, 0.1) is 0 Å². The van der Waals surface area contributed by atoms with E-state index in [9.17, 15) is 4.79 Å². The second-order valence-electron chi connectivity index (χ2n) is 5.71. The molecule has 0 aliphatic carbocycles. The van der Waals surface area contributed by atoms with Crippen LogP contribution in [0.4, 0.5) is 5.69 Å². The lowest BCUT2D eigenvalue weighted by Gasteiger charge is -2.19. The number of hydrogen-bond donors (Lipinski definition) is 0. The number of aldehydes is 1. The molecule has 3 heteroatoms. The van der Waals surface area contributed by atoms with Gasteiger partial charge in [-0.3, -0.25) is 9.79 Å². The van der Waals surface area contributed by atoms with Crippen molar-refractivity contribution in [2.24, 2.45) is 4.99 Å². The van der Waals surface area contributed by atoms with Gasteiger partial charge in [0.2, 0.25) is 0 Å². The van der Waals surface area contributed by atoms with Crippen LogP contribution in [0.3, 0.4) is 0 Å². The van der Waals surface area contributed by atoms with Gasteiger partial charge in [0, 0.05) is 6.42 Å². The van der Waals surface area contributed by atoms with E-state index < -0.39 is 5.60 Å². The summed E-state index contributed by atoms with van der Waals surface area (Å²) in [4.78, 5) is 15.6. The van der Waals surface area contributed by atoms with E-state index in [1.54, 1.807) is 13.8 Å². The van der Waals surface area contributed by atoms with E-state index in [0.717, 1.165) is 29.7 Å². The van der Waals surface area contributed by atoms with Crippen molar-refractivity contribution in [3.8, 4) is 5.75 Å². The fourth-order valence-corrected chi connectivity index (χ4v) is 2.34. The first-order valence-corrected chi connectivity index (χ1v) is 6.99. The van der Waals surface area contributed by atoms with Gasteiger partial charge in [-0.05, 0) is 55.3 Å². The molecular formula is C18H17NO2. The Morgan fingerprint density at radius 3 is 2.48 bits per heavy atom. The van der Waals surface area contributed by atoms with Crippen LogP contribution in [0.15, 0.2) is 53.5 Å². The minimum absolute atomic E-state index is 0.687. The summed E-state index contributed by atoms with van der Waals surface area (Å²) in [6.45, 7) is 3.48. The zero-order valence-electron chi connectivity index (χ0n) is 12.2. The first-order valence-electron chi connectivity index (χ1n) is 6.99. The second-order valence-corrected chi connectivity index (χ2v) is 5.71. The Kier molecular flexibility index (Phi) is 3.34. The van der Waals surface area contributed by atoms with Gasteiger partial charge < -0.3 is 4.74 Å². The van der Waals surface area contributed by atoms with E-state index in [1.807, 2.05) is 42.5 Å². The second kappa shape index (κ2) is 5.17. The maximum Gasteiger partial charge on any atom is 0.162 e. The molecule has 3 nitrogen and oxygen atoms in total. The number of rotatable bonds is 4. The largest absolute Gasteiger partial charge is 0.480 e. The van der Waals surface area contributed by atoms with Crippen LogP contribution in [-0.2, 0) is 11.2 Å². The predicted octanol–water partition coefficient (Wildman–Crippen LogP) is 3.72. The Morgan fingerprint density at radius 2 is 1.81 bits per heavy atom. The lowest BCUT2D eigenvalue weighted by molar-refractivity contribution is -0.118.